The zero-order chi connectivity index (χ0) is 17.3. The topological polar surface area (TPSA) is 55.8 Å². The Morgan fingerprint density at radius 3 is 2.52 bits per heavy atom. The van der Waals surface area contributed by atoms with E-state index in [0.717, 1.165) is 38.6 Å². The van der Waals surface area contributed by atoms with Crippen LogP contribution >= 0.6 is 0 Å². The minimum atomic E-state index is -0.444. The number of amides is 1. The van der Waals surface area contributed by atoms with Gasteiger partial charge in [-0.2, -0.15) is 0 Å². The molecule has 1 rings (SSSR count). The lowest BCUT2D eigenvalue weighted by atomic mass is 9.97. The van der Waals surface area contributed by atoms with E-state index in [1.54, 1.807) is 7.11 Å². The van der Waals surface area contributed by atoms with Crippen LogP contribution in [0.25, 0.3) is 0 Å². The van der Waals surface area contributed by atoms with Gasteiger partial charge in [0, 0.05) is 39.1 Å². The monoisotopic (exact) mass is 327 g/mol. The van der Waals surface area contributed by atoms with E-state index < -0.39 is 5.60 Å². The molecule has 1 amide bonds. The fraction of sp³-hybridized carbons (Fsp3) is 0.889. The second-order valence-corrected chi connectivity index (χ2v) is 7.31. The van der Waals surface area contributed by atoms with E-state index in [-0.39, 0.29) is 17.9 Å². The van der Waals surface area contributed by atoms with Gasteiger partial charge in [0.2, 0.25) is 5.91 Å². The van der Waals surface area contributed by atoms with Crippen LogP contribution in [0.2, 0.25) is 0 Å². The van der Waals surface area contributed by atoms with Crippen molar-refractivity contribution in [3.8, 4) is 0 Å². The first kappa shape index (κ1) is 19.9. The van der Waals surface area contributed by atoms with Crippen LogP contribution in [0.4, 0.5) is 0 Å². The number of likely N-dealkylation sites (tertiary alicyclic amines) is 1. The summed E-state index contributed by atoms with van der Waals surface area (Å²) in [4.78, 5) is 26.3. The van der Waals surface area contributed by atoms with Crippen LogP contribution in [0.1, 0.15) is 72.1 Å². The number of nitrogens with zero attached hydrogens (tertiary/aromatic N) is 1. The molecule has 0 spiro atoms. The van der Waals surface area contributed by atoms with Crippen molar-refractivity contribution in [3.05, 3.63) is 0 Å². The summed E-state index contributed by atoms with van der Waals surface area (Å²) in [5.41, 5.74) is -0.444. The van der Waals surface area contributed by atoms with Gasteiger partial charge in [0.15, 0.2) is 0 Å². The van der Waals surface area contributed by atoms with Gasteiger partial charge in [0.25, 0.3) is 0 Å². The van der Waals surface area contributed by atoms with Gasteiger partial charge in [-0.05, 0) is 59.3 Å². The highest BCUT2D eigenvalue weighted by Crippen LogP contribution is 2.23. The fourth-order valence-electron chi connectivity index (χ4n) is 2.97. The number of rotatable bonds is 8. The van der Waals surface area contributed by atoms with Crippen LogP contribution in [-0.2, 0) is 19.1 Å². The highest BCUT2D eigenvalue weighted by Gasteiger charge is 2.27. The van der Waals surface area contributed by atoms with Gasteiger partial charge in [0.05, 0.1) is 0 Å². The average molecular weight is 327 g/mol. The summed E-state index contributed by atoms with van der Waals surface area (Å²) in [7, 11) is 1.68. The SMILES string of the molecule is COCCCCC(=O)N1CCCC[C@H]1CCC(=O)OC(C)(C)C. The summed E-state index contributed by atoms with van der Waals surface area (Å²) in [6.07, 6.45) is 6.63. The molecule has 5 heteroatoms. The molecule has 0 N–H and O–H groups in total. The van der Waals surface area contributed by atoms with E-state index in [0.29, 0.717) is 25.9 Å². The number of methoxy groups -OCH3 is 1. The molecule has 0 radical (unpaired) electrons. The van der Waals surface area contributed by atoms with Crippen LogP contribution < -0.4 is 0 Å². The number of hydrogen-bond acceptors (Lipinski definition) is 4. The van der Waals surface area contributed by atoms with Gasteiger partial charge in [-0.15, -0.1) is 0 Å². The van der Waals surface area contributed by atoms with E-state index in [1.165, 1.54) is 0 Å². The Hall–Kier alpha value is -1.10. The smallest absolute Gasteiger partial charge is 0.306 e. The van der Waals surface area contributed by atoms with E-state index in [4.69, 9.17) is 9.47 Å². The Bertz CT molecular complexity index is 376. The molecular weight excluding hydrogens is 294 g/mol. The Labute approximate surface area is 140 Å². The Morgan fingerprint density at radius 2 is 1.87 bits per heavy atom. The Kier molecular flexibility index (Phi) is 8.59. The normalized spacial score (nSPS) is 18.8. The van der Waals surface area contributed by atoms with Crippen molar-refractivity contribution in [2.75, 3.05) is 20.3 Å². The van der Waals surface area contributed by atoms with Crippen molar-refractivity contribution >= 4 is 11.9 Å². The number of hydrogen-bond donors (Lipinski definition) is 0. The van der Waals surface area contributed by atoms with Gasteiger partial charge >= 0.3 is 5.97 Å². The maximum absolute atomic E-state index is 12.4. The molecule has 5 nitrogen and oxygen atoms in total. The first-order valence-corrected chi connectivity index (χ1v) is 8.84. The van der Waals surface area contributed by atoms with Gasteiger partial charge < -0.3 is 14.4 Å². The summed E-state index contributed by atoms with van der Waals surface area (Å²) < 4.78 is 10.4. The fourth-order valence-corrected chi connectivity index (χ4v) is 2.97. The number of ether oxygens (including phenoxy) is 2. The average Bonchev–Trinajstić information content (AvgIpc) is 2.48. The number of piperidine rings is 1. The standard InChI is InChI=1S/C18H33NO4/c1-18(2,3)23-17(21)12-11-15-9-5-7-13-19(15)16(20)10-6-8-14-22-4/h15H,5-14H2,1-4H3/t15-/m0/s1. The summed E-state index contributed by atoms with van der Waals surface area (Å²) in [6.45, 7) is 7.15. The van der Waals surface area contributed by atoms with Crippen molar-refractivity contribution in [1.82, 2.24) is 4.90 Å². The highest BCUT2D eigenvalue weighted by atomic mass is 16.6. The third kappa shape index (κ3) is 8.35. The molecule has 23 heavy (non-hydrogen) atoms. The number of carbonyl (C=O) groups is 2. The zero-order valence-electron chi connectivity index (χ0n) is 15.2. The van der Waals surface area contributed by atoms with Crippen LogP contribution in [0.5, 0.6) is 0 Å². The molecule has 1 aliphatic heterocycles. The predicted molar refractivity (Wildman–Crippen MR) is 90.2 cm³/mol. The lowest BCUT2D eigenvalue weighted by Crippen LogP contribution is -2.44. The first-order chi connectivity index (χ1) is 10.8. The molecule has 0 bridgehead atoms. The summed E-state index contributed by atoms with van der Waals surface area (Å²) in [5.74, 6) is 0.0468. The molecular formula is C18H33NO4. The molecule has 1 atom stereocenters. The van der Waals surface area contributed by atoms with Crippen LogP contribution in [0.15, 0.2) is 0 Å². The molecule has 1 aliphatic rings. The number of carbonyl (C=O) groups excluding carboxylic acids is 2. The van der Waals surface area contributed by atoms with Gasteiger partial charge in [-0.3, -0.25) is 9.59 Å². The quantitative estimate of drug-likeness (QED) is 0.507. The minimum Gasteiger partial charge on any atom is -0.460 e. The molecule has 0 unspecified atom stereocenters. The van der Waals surface area contributed by atoms with Gasteiger partial charge in [-0.1, -0.05) is 0 Å². The lowest BCUT2D eigenvalue weighted by Gasteiger charge is -2.36. The highest BCUT2D eigenvalue weighted by molar-refractivity contribution is 5.76. The minimum absolute atomic E-state index is 0.171. The van der Waals surface area contributed by atoms with E-state index in [9.17, 15) is 9.59 Å². The molecule has 1 saturated heterocycles. The van der Waals surface area contributed by atoms with Crippen molar-refractivity contribution in [1.29, 1.82) is 0 Å². The van der Waals surface area contributed by atoms with Crippen molar-refractivity contribution in [2.24, 2.45) is 0 Å². The van der Waals surface area contributed by atoms with Crippen LogP contribution in [-0.4, -0.2) is 48.7 Å². The molecule has 1 heterocycles. The first-order valence-electron chi connectivity index (χ1n) is 8.84. The number of unbranched alkanes of at least 4 members (excludes halogenated alkanes) is 1. The molecule has 1 fully saturated rings. The Morgan fingerprint density at radius 1 is 1.13 bits per heavy atom. The number of esters is 1. The predicted octanol–water partition coefficient (Wildman–Crippen LogP) is 3.31. The second-order valence-electron chi connectivity index (χ2n) is 7.31. The molecule has 0 aliphatic carbocycles. The van der Waals surface area contributed by atoms with Crippen molar-refractivity contribution in [3.63, 3.8) is 0 Å². The summed E-state index contributed by atoms with van der Waals surface area (Å²) in [5, 5.41) is 0. The van der Waals surface area contributed by atoms with Crippen LogP contribution in [0.3, 0.4) is 0 Å². The summed E-state index contributed by atoms with van der Waals surface area (Å²) >= 11 is 0. The third-order valence-electron chi connectivity index (χ3n) is 4.04. The molecule has 0 saturated carbocycles. The van der Waals surface area contributed by atoms with Crippen molar-refractivity contribution in [2.45, 2.75) is 83.8 Å². The van der Waals surface area contributed by atoms with Crippen molar-refractivity contribution < 1.29 is 19.1 Å². The maximum Gasteiger partial charge on any atom is 0.306 e. The molecule has 0 aromatic heterocycles. The maximum atomic E-state index is 12.4. The zero-order valence-corrected chi connectivity index (χ0v) is 15.2. The molecule has 134 valence electrons. The van der Waals surface area contributed by atoms with Gasteiger partial charge in [0.1, 0.15) is 5.60 Å². The van der Waals surface area contributed by atoms with E-state index in [2.05, 4.69) is 0 Å². The second kappa shape index (κ2) is 9.91. The van der Waals surface area contributed by atoms with Gasteiger partial charge in [-0.25, -0.2) is 0 Å². The third-order valence-corrected chi connectivity index (χ3v) is 4.04. The summed E-state index contributed by atoms with van der Waals surface area (Å²) in [6, 6.07) is 0.186. The molecule has 0 aromatic rings. The lowest BCUT2D eigenvalue weighted by molar-refractivity contribution is -0.155. The van der Waals surface area contributed by atoms with Crippen LogP contribution in [0, 0.1) is 0 Å². The Balaban J connectivity index is 2.41. The van der Waals surface area contributed by atoms with E-state index >= 15 is 0 Å². The molecule has 0 aromatic carbocycles. The van der Waals surface area contributed by atoms with E-state index in [1.807, 2.05) is 25.7 Å². The largest absolute Gasteiger partial charge is 0.460 e.